The maximum atomic E-state index is 12.0. The lowest BCUT2D eigenvalue weighted by molar-refractivity contribution is -0.133. The molecule has 0 amide bonds. The molecule has 0 aromatic rings. The standard InChI is InChI=1S/C12H17NO/c13-9-6-10-4-3-8-12(10)7-2-1-5-11(12)14/h10H,1-8H2. The Morgan fingerprint density at radius 3 is 2.86 bits per heavy atom. The van der Waals surface area contributed by atoms with E-state index in [4.69, 9.17) is 5.26 Å². The van der Waals surface area contributed by atoms with Gasteiger partial charge in [0.05, 0.1) is 6.07 Å². The summed E-state index contributed by atoms with van der Waals surface area (Å²) in [5.74, 6) is 0.835. The largest absolute Gasteiger partial charge is 0.299 e. The van der Waals surface area contributed by atoms with Gasteiger partial charge in [0.1, 0.15) is 5.78 Å². The maximum Gasteiger partial charge on any atom is 0.139 e. The van der Waals surface area contributed by atoms with Crippen LogP contribution in [-0.2, 0) is 4.79 Å². The quantitative estimate of drug-likeness (QED) is 0.639. The minimum atomic E-state index is -0.0615. The Hall–Kier alpha value is -0.840. The summed E-state index contributed by atoms with van der Waals surface area (Å²) >= 11 is 0. The van der Waals surface area contributed by atoms with Crippen LogP contribution in [0.1, 0.15) is 51.4 Å². The fraction of sp³-hybridized carbons (Fsp3) is 0.833. The van der Waals surface area contributed by atoms with E-state index in [1.54, 1.807) is 0 Å². The Morgan fingerprint density at radius 2 is 2.14 bits per heavy atom. The van der Waals surface area contributed by atoms with Gasteiger partial charge in [-0.2, -0.15) is 5.26 Å². The van der Waals surface area contributed by atoms with E-state index in [2.05, 4.69) is 6.07 Å². The van der Waals surface area contributed by atoms with Crippen LogP contribution in [0.4, 0.5) is 0 Å². The van der Waals surface area contributed by atoms with Gasteiger partial charge in [-0.15, -0.1) is 0 Å². The van der Waals surface area contributed by atoms with E-state index in [0.29, 0.717) is 18.1 Å². The zero-order chi connectivity index (χ0) is 10.0. The molecule has 2 nitrogen and oxygen atoms in total. The molecule has 2 aliphatic rings. The zero-order valence-corrected chi connectivity index (χ0v) is 8.59. The lowest BCUT2D eigenvalue weighted by Crippen LogP contribution is -2.37. The molecule has 2 aliphatic carbocycles. The fourth-order valence-electron chi connectivity index (χ4n) is 3.36. The minimum Gasteiger partial charge on any atom is -0.299 e. The van der Waals surface area contributed by atoms with Gasteiger partial charge < -0.3 is 0 Å². The molecule has 0 N–H and O–H groups in total. The Bertz CT molecular complexity index is 279. The summed E-state index contributed by atoms with van der Waals surface area (Å²) in [5.41, 5.74) is -0.0615. The van der Waals surface area contributed by atoms with Crippen LogP contribution in [0, 0.1) is 22.7 Å². The van der Waals surface area contributed by atoms with Gasteiger partial charge in [0.15, 0.2) is 0 Å². The molecule has 0 bridgehead atoms. The van der Waals surface area contributed by atoms with Crippen molar-refractivity contribution in [3.8, 4) is 6.07 Å². The van der Waals surface area contributed by atoms with Crippen molar-refractivity contribution in [3.05, 3.63) is 0 Å². The molecule has 2 fully saturated rings. The normalized spacial score (nSPS) is 37.4. The summed E-state index contributed by atoms with van der Waals surface area (Å²) in [5, 5.41) is 8.77. The highest BCUT2D eigenvalue weighted by molar-refractivity contribution is 5.86. The number of nitriles is 1. The summed E-state index contributed by atoms with van der Waals surface area (Å²) < 4.78 is 0. The van der Waals surface area contributed by atoms with E-state index in [1.807, 2.05) is 0 Å². The van der Waals surface area contributed by atoms with Gasteiger partial charge >= 0.3 is 0 Å². The highest BCUT2D eigenvalue weighted by Gasteiger charge is 2.48. The molecule has 0 aromatic carbocycles. The van der Waals surface area contributed by atoms with Crippen molar-refractivity contribution >= 4 is 5.78 Å². The third kappa shape index (κ3) is 1.35. The van der Waals surface area contributed by atoms with Crippen LogP contribution in [0.15, 0.2) is 0 Å². The monoisotopic (exact) mass is 191 g/mol. The smallest absolute Gasteiger partial charge is 0.139 e. The molecule has 0 saturated heterocycles. The topological polar surface area (TPSA) is 40.9 Å². The predicted octanol–water partition coefficient (Wildman–Crippen LogP) is 2.83. The number of carbonyl (C=O) groups excluding carboxylic acids is 1. The first-order valence-corrected chi connectivity index (χ1v) is 5.70. The molecule has 2 unspecified atom stereocenters. The average molecular weight is 191 g/mol. The van der Waals surface area contributed by atoms with Crippen LogP contribution < -0.4 is 0 Å². The molecule has 0 aliphatic heterocycles. The molecule has 76 valence electrons. The van der Waals surface area contributed by atoms with Crippen molar-refractivity contribution in [2.75, 3.05) is 0 Å². The molecule has 2 rings (SSSR count). The van der Waals surface area contributed by atoms with Crippen molar-refractivity contribution in [2.24, 2.45) is 11.3 Å². The Morgan fingerprint density at radius 1 is 1.36 bits per heavy atom. The van der Waals surface area contributed by atoms with Gasteiger partial charge in [-0.25, -0.2) is 0 Å². The van der Waals surface area contributed by atoms with Crippen molar-refractivity contribution < 1.29 is 4.79 Å². The second kappa shape index (κ2) is 3.73. The maximum absolute atomic E-state index is 12.0. The van der Waals surface area contributed by atoms with E-state index in [0.717, 1.165) is 38.5 Å². The summed E-state index contributed by atoms with van der Waals surface area (Å²) in [6, 6.07) is 2.25. The second-order valence-corrected chi connectivity index (χ2v) is 4.74. The lowest BCUT2D eigenvalue weighted by atomic mass is 9.66. The van der Waals surface area contributed by atoms with E-state index in [9.17, 15) is 4.79 Å². The summed E-state index contributed by atoms with van der Waals surface area (Å²) in [7, 11) is 0. The molecular weight excluding hydrogens is 174 g/mol. The average Bonchev–Trinajstić information content (AvgIpc) is 2.57. The number of ketones is 1. The SMILES string of the molecule is N#CCC1CCCC12CCCCC2=O. The first kappa shape index (κ1) is 9.71. The van der Waals surface area contributed by atoms with Crippen LogP contribution in [0.5, 0.6) is 0 Å². The summed E-state index contributed by atoms with van der Waals surface area (Å²) in [6.07, 6.45) is 7.97. The highest BCUT2D eigenvalue weighted by atomic mass is 16.1. The number of nitrogens with zero attached hydrogens (tertiary/aromatic N) is 1. The van der Waals surface area contributed by atoms with Crippen molar-refractivity contribution in [3.63, 3.8) is 0 Å². The first-order valence-electron chi connectivity index (χ1n) is 5.70. The molecule has 2 heteroatoms. The van der Waals surface area contributed by atoms with Crippen LogP contribution in [0.2, 0.25) is 0 Å². The Kier molecular flexibility index (Phi) is 2.58. The number of hydrogen-bond acceptors (Lipinski definition) is 2. The van der Waals surface area contributed by atoms with E-state index in [1.165, 1.54) is 6.42 Å². The first-order chi connectivity index (χ1) is 6.79. The van der Waals surface area contributed by atoms with Crippen molar-refractivity contribution in [2.45, 2.75) is 51.4 Å². The van der Waals surface area contributed by atoms with E-state index in [-0.39, 0.29) is 5.41 Å². The van der Waals surface area contributed by atoms with Gasteiger partial charge in [0, 0.05) is 18.3 Å². The lowest BCUT2D eigenvalue weighted by Gasteiger charge is -2.36. The van der Waals surface area contributed by atoms with Crippen LogP contribution in [-0.4, -0.2) is 5.78 Å². The molecule has 0 radical (unpaired) electrons. The molecule has 2 atom stereocenters. The Labute approximate surface area is 85.3 Å². The second-order valence-electron chi connectivity index (χ2n) is 4.74. The highest BCUT2D eigenvalue weighted by Crippen LogP contribution is 2.51. The van der Waals surface area contributed by atoms with Gasteiger partial charge in [-0.3, -0.25) is 4.79 Å². The number of rotatable bonds is 1. The third-order valence-electron chi connectivity index (χ3n) is 4.13. The van der Waals surface area contributed by atoms with Crippen molar-refractivity contribution in [1.29, 1.82) is 5.26 Å². The number of hydrogen-bond donors (Lipinski definition) is 0. The third-order valence-corrected chi connectivity index (χ3v) is 4.13. The van der Waals surface area contributed by atoms with E-state index >= 15 is 0 Å². The molecule has 1 spiro atoms. The molecule has 2 saturated carbocycles. The fourth-order valence-corrected chi connectivity index (χ4v) is 3.36. The van der Waals surface area contributed by atoms with Gasteiger partial charge in [0.2, 0.25) is 0 Å². The predicted molar refractivity (Wildman–Crippen MR) is 53.5 cm³/mol. The minimum absolute atomic E-state index is 0.0615. The number of Topliss-reactive ketones (excluding diaryl/α,β-unsaturated/α-hetero) is 1. The van der Waals surface area contributed by atoms with Crippen LogP contribution in [0.25, 0.3) is 0 Å². The Balaban J connectivity index is 2.19. The molecule has 0 heterocycles. The van der Waals surface area contributed by atoms with Crippen LogP contribution >= 0.6 is 0 Å². The van der Waals surface area contributed by atoms with Crippen LogP contribution in [0.3, 0.4) is 0 Å². The van der Waals surface area contributed by atoms with Gasteiger partial charge in [-0.05, 0) is 31.6 Å². The van der Waals surface area contributed by atoms with Crippen molar-refractivity contribution in [1.82, 2.24) is 0 Å². The molecule has 0 aromatic heterocycles. The molecule has 14 heavy (non-hydrogen) atoms. The number of carbonyl (C=O) groups is 1. The summed E-state index contributed by atoms with van der Waals surface area (Å²) in [4.78, 5) is 12.0. The van der Waals surface area contributed by atoms with Gasteiger partial charge in [-0.1, -0.05) is 12.8 Å². The summed E-state index contributed by atoms with van der Waals surface area (Å²) in [6.45, 7) is 0. The molecular formula is C12H17NO. The van der Waals surface area contributed by atoms with Gasteiger partial charge in [0.25, 0.3) is 0 Å². The zero-order valence-electron chi connectivity index (χ0n) is 8.59. The van der Waals surface area contributed by atoms with E-state index < -0.39 is 0 Å².